The summed E-state index contributed by atoms with van der Waals surface area (Å²) in [7, 11) is 0. The maximum absolute atomic E-state index is 12.4. The van der Waals surface area contributed by atoms with Crippen molar-refractivity contribution >= 4 is 11.9 Å². The SMILES string of the molecule is CCCCCCN(CCCCCC)C(=O)CCC(=O)OCC(C)C. The van der Waals surface area contributed by atoms with Crippen LogP contribution >= 0.6 is 0 Å². The van der Waals surface area contributed by atoms with Crippen LogP contribution in [0.15, 0.2) is 0 Å². The molecule has 0 spiro atoms. The maximum Gasteiger partial charge on any atom is 0.306 e. The van der Waals surface area contributed by atoms with Crippen molar-refractivity contribution in [1.82, 2.24) is 4.90 Å². The number of nitrogens with zero attached hydrogens (tertiary/aromatic N) is 1. The van der Waals surface area contributed by atoms with Crippen LogP contribution in [0, 0.1) is 5.92 Å². The van der Waals surface area contributed by atoms with Gasteiger partial charge in [-0.3, -0.25) is 9.59 Å². The first-order valence-electron chi connectivity index (χ1n) is 9.94. The number of carbonyl (C=O) groups is 2. The van der Waals surface area contributed by atoms with Gasteiger partial charge in [0.25, 0.3) is 0 Å². The molecule has 0 heterocycles. The number of ether oxygens (including phenoxy) is 1. The summed E-state index contributed by atoms with van der Waals surface area (Å²) < 4.78 is 5.15. The minimum absolute atomic E-state index is 0.101. The van der Waals surface area contributed by atoms with Crippen LogP contribution < -0.4 is 0 Å². The highest BCUT2D eigenvalue weighted by Crippen LogP contribution is 2.08. The number of unbranched alkanes of at least 4 members (excludes halogenated alkanes) is 6. The van der Waals surface area contributed by atoms with Gasteiger partial charge >= 0.3 is 5.97 Å². The largest absolute Gasteiger partial charge is 0.465 e. The molecule has 4 nitrogen and oxygen atoms in total. The molecule has 0 saturated carbocycles. The fourth-order valence-electron chi connectivity index (χ4n) is 2.52. The van der Waals surface area contributed by atoms with Crippen molar-refractivity contribution in [2.24, 2.45) is 5.92 Å². The van der Waals surface area contributed by atoms with E-state index in [-0.39, 0.29) is 24.7 Å². The summed E-state index contributed by atoms with van der Waals surface area (Å²) in [4.78, 5) is 26.1. The van der Waals surface area contributed by atoms with Gasteiger partial charge in [-0.25, -0.2) is 0 Å². The van der Waals surface area contributed by atoms with Crippen LogP contribution in [-0.2, 0) is 14.3 Å². The Bertz CT molecular complexity index is 317. The summed E-state index contributed by atoms with van der Waals surface area (Å²) in [6.07, 6.45) is 9.79. The molecule has 0 aromatic rings. The molecule has 0 aromatic carbocycles. The molecule has 0 N–H and O–H groups in total. The number of amides is 1. The van der Waals surface area contributed by atoms with E-state index in [1.54, 1.807) is 0 Å². The molecule has 0 rings (SSSR count). The van der Waals surface area contributed by atoms with Gasteiger partial charge < -0.3 is 9.64 Å². The van der Waals surface area contributed by atoms with E-state index >= 15 is 0 Å². The Hall–Kier alpha value is -1.06. The Morgan fingerprint density at radius 2 is 1.38 bits per heavy atom. The minimum atomic E-state index is -0.256. The van der Waals surface area contributed by atoms with Crippen LogP contribution in [0.2, 0.25) is 0 Å². The molecule has 0 aliphatic carbocycles. The van der Waals surface area contributed by atoms with Crippen molar-refractivity contribution in [1.29, 1.82) is 0 Å². The van der Waals surface area contributed by atoms with Gasteiger partial charge in [0.2, 0.25) is 5.91 Å². The van der Waals surface area contributed by atoms with Crippen LogP contribution in [0.1, 0.15) is 91.9 Å². The molecule has 0 aliphatic heterocycles. The Kier molecular flexibility index (Phi) is 14.8. The lowest BCUT2D eigenvalue weighted by Gasteiger charge is -2.23. The molecule has 0 aromatic heterocycles. The molecule has 0 bridgehead atoms. The third-order valence-electron chi connectivity index (χ3n) is 4.04. The number of hydrogen-bond acceptors (Lipinski definition) is 3. The molecular formula is C20H39NO3. The van der Waals surface area contributed by atoms with E-state index in [0.29, 0.717) is 12.5 Å². The first-order valence-corrected chi connectivity index (χ1v) is 9.94. The van der Waals surface area contributed by atoms with Crippen molar-refractivity contribution in [3.8, 4) is 0 Å². The average molecular weight is 342 g/mol. The lowest BCUT2D eigenvalue weighted by atomic mass is 10.1. The minimum Gasteiger partial charge on any atom is -0.465 e. The normalized spacial score (nSPS) is 10.9. The van der Waals surface area contributed by atoms with Gasteiger partial charge in [-0.15, -0.1) is 0 Å². The predicted molar refractivity (Wildman–Crippen MR) is 99.9 cm³/mol. The summed E-state index contributed by atoms with van der Waals surface area (Å²) in [5.74, 6) is 0.178. The number of rotatable bonds is 15. The molecule has 142 valence electrons. The highest BCUT2D eigenvalue weighted by atomic mass is 16.5. The van der Waals surface area contributed by atoms with Gasteiger partial charge in [-0.1, -0.05) is 66.2 Å². The van der Waals surface area contributed by atoms with Gasteiger partial charge in [0.1, 0.15) is 0 Å². The smallest absolute Gasteiger partial charge is 0.306 e. The highest BCUT2D eigenvalue weighted by Gasteiger charge is 2.15. The zero-order chi connectivity index (χ0) is 18.2. The van der Waals surface area contributed by atoms with Crippen molar-refractivity contribution in [3.05, 3.63) is 0 Å². The monoisotopic (exact) mass is 341 g/mol. The predicted octanol–water partition coefficient (Wildman–Crippen LogP) is 4.96. The van der Waals surface area contributed by atoms with Crippen LogP contribution in [0.25, 0.3) is 0 Å². The summed E-state index contributed by atoms with van der Waals surface area (Å²) in [5, 5.41) is 0. The molecule has 4 heteroatoms. The van der Waals surface area contributed by atoms with E-state index in [1.807, 2.05) is 18.7 Å². The van der Waals surface area contributed by atoms with E-state index < -0.39 is 0 Å². The third kappa shape index (κ3) is 13.4. The first-order chi connectivity index (χ1) is 11.5. The Morgan fingerprint density at radius 1 is 0.833 bits per heavy atom. The molecule has 1 amide bonds. The fraction of sp³-hybridized carbons (Fsp3) is 0.900. The maximum atomic E-state index is 12.4. The lowest BCUT2D eigenvalue weighted by molar-refractivity contribution is -0.147. The first kappa shape index (κ1) is 22.9. The summed E-state index contributed by atoms with van der Waals surface area (Å²) in [5.41, 5.74) is 0. The van der Waals surface area contributed by atoms with Crippen molar-refractivity contribution < 1.29 is 14.3 Å². The van der Waals surface area contributed by atoms with Gasteiger partial charge in [0.05, 0.1) is 13.0 Å². The summed E-state index contributed by atoms with van der Waals surface area (Å²) >= 11 is 0. The summed E-state index contributed by atoms with van der Waals surface area (Å²) in [6, 6.07) is 0. The Labute approximate surface area is 149 Å². The number of carbonyl (C=O) groups excluding carboxylic acids is 2. The zero-order valence-corrected chi connectivity index (χ0v) is 16.4. The highest BCUT2D eigenvalue weighted by molar-refractivity contribution is 5.81. The Morgan fingerprint density at radius 3 is 1.83 bits per heavy atom. The fourth-order valence-corrected chi connectivity index (χ4v) is 2.52. The average Bonchev–Trinajstić information content (AvgIpc) is 2.56. The molecule has 0 unspecified atom stereocenters. The van der Waals surface area contributed by atoms with E-state index in [1.165, 1.54) is 38.5 Å². The van der Waals surface area contributed by atoms with E-state index in [0.717, 1.165) is 25.9 Å². The van der Waals surface area contributed by atoms with Crippen LogP contribution in [0.3, 0.4) is 0 Å². The molecule has 0 fully saturated rings. The standard InChI is InChI=1S/C20H39NO3/c1-5-7-9-11-15-21(16-12-10-8-6-2)19(22)13-14-20(23)24-17-18(3)4/h18H,5-17H2,1-4H3. The topological polar surface area (TPSA) is 46.6 Å². The van der Waals surface area contributed by atoms with Crippen LogP contribution in [-0.4, -0.2) is 36.5 Å². The van der Waals surface area contributed by atoms with Crippen LogP contribution in [0.5, 0.6) is 0 Å². The van der Waals surface area contributed by atoms with Gasteiger partial charge in [0, 0.05) is 19.5 Å². The molecule has 0 aliphatic rings. The van der Waals surface area contributed by atoms with E-state index in [2.05, 4.69) is 13.8 Å². The van der Waals surface area contributed by atoms with Crippen molar-refractivity contribution in [2.45, 2.75) is 91.9 Å². The quantitative estimate of drug-likeness (QED) is 0.312. The Balaban J connectivity index is 4.19. The second-order valence-corrected chi connectivity index (χ2v) is 7.08. The van der Waals surface area contributed by atoms with Gasteiger partial charge in [-0.2, -0.15) is 0 Å². The number of hydrogen-bond donors (Lipinski definition) is 0. The third-order valence-corrected chi connectivity index (χ3v) is 4.04. The van der Waals surface area contributed by atoms with Crippen LogP contribution in [0.4, 0.5) is 0 Å². The van der Waals surface area contributed by atoms with Gasteiger partial charge in [0.15, 0.2) is 0 Å². The molecule has 0 saturated heterocycles. The second kappa shape index (κ2) is 15.5. The zero-order valence-electron chi connectivity index (χ0n) is 16.4. The number of esters is 1. The van der Waals surface area contributed by atoms with E-state index in [9.17, 15) is 9.59 Å². The van der Waals surface area contributed by atoms with Crippen molar-refractivity contribution in [2.75, 3.05) is 19.7 Å². The second-order valence-electron chi connectivity index (χ2n) is 7.08. The lowest BCUT2D eigenvalue weighted by Crippen LogP contribution is -2.33. The van der Waals surface area contributed by atoms with Crippen molar-refractivity contribution in [3.63, 3.8) is 0 Å². The molecule has 0 radical (unpaired) electrons. The summed E-state index contributed by atoms with van der Waals surface area (Å²) in [6.45, 7) is 10.5. The van der Waals surface area contributed by atoms with Gasteiger partial charge in [-0.05, 0) is 18.8 Å². The molecular weight excluding hydrogens is 302 g/mol. The molecule has 0 atom stereocenters. The van der Waals surface area contributed by atoms with E-state index in [4.69, 9.17) is 4.74 Å². The molecule has 24 heavy (non-hydrogen) atoms.